The van der Waals surface area contributed by atoms with E-state index in [0.29, 0.717) is 5.56 Å². The molecule has 0 spiro atoms. The van der Waals surface area contributed by atoms with Crippen molar-refractivity contribution in [3.63, 3.8) is 0 Å². The summed E-state index contributed by atoms with van der Waals surface area (Å²) in [5, 5.41) is 9.09. The molecule has 1 aromatic heterocycles. The standard InChI is InChI=1S/C19H20N2O4/c1-11-8-14-9-15(25-3)4-5-16(14)12(2)21(11)18(22)13-6-7-20-17(10-13)19(23)24/h4-7,9-12H,8H2,1-3H3,(H,23,24)/t11-,12-/m1/s1. The fraction of sp³-hybridized carbons (Fsp3) is 0.316. The van der Waals surface area contributed by atoms with Crippen molar-refractivity contribution in [3.05, 3.63) is 58.9 Å². The second-order valence-electron chi connectivity index (χ2n) is 6.24. The van der Waals surface area contributed by atoms with Gasteiger partial charge in [-0.25, -0.2) is 9.78 Å². The molecule has 1 aliphatic rings. The number of carbonyl (C=O) groups is 2. The summed E-state index contributed by atoms with van der Waals surface area (Å²) in [4.78, 5) is 29.7. The molecular weight excluding hydrogens is 320 g/mol. The highest BCUT2D eigenvalue weighted by molar-refractivity contribution is 5.97. The number of carboxylic acid groups (broad SMARTS) is 1. The molecule has 3 rings (SSSR count). The van der Waals surface area contributed by atoms with E-state index >= 15 is 0 Å². The number of hydrogen-bond donors (Lipinski definition) is 1. The molecule has 25 heavy (non-hydrogen) atoms. The summed E-state index contributed by atoms with van der Waals surface area (Å²) >= 11 is 0. The second-order valence-corrected chi connectivity index (χ2v) is 6.24. The summed E-state index contributed by atoms with van der Waals surface area (Å²) < 4.78 is 5.29. The number of pyridine rings is 1. The van der Waals surface area contributed by atoms with Crippen molar-refractivity contribution in [2.24, 2.45) is 0 Å². The Balaban J connectivity index is 1.95. The number of carbonyl (C=O) groups excluding carboxylic acids is 1. The van der Waals surface area contributed by atoms with E-state index < -0.39 is 5.97 Å². The number of rotatable bonds is 3. The molecular formula is C19H20N2O4. The third-order valence-corrected chi connectivity index (χ3v) is 4.67. The highest BCUT2D eigenvalue weighted by Crippen LogP contribution is 2.35. The Morgan fingerprint density at radius 3 is 2.68 bits per heavy atom. The Morgan fingerprint density at radius 2 is 2.00 bits per heavy atom. The lowest BCUT2D eigenvalue weighted by molar-refractivity contribution is 0.0580. The molecule has 0 unspecified atom stereocenters. The van der Waals surface area contributed by atoms with Crippen LogP contribution < -0.4 is 4.74 Å². The summed E-state index contributed by atoms with van der Waals surface area (Å²) in [5.74, 6) is -0.531. The Labute approximate surface area is 146 Å². The highest BCUT2D eigenvalue weighted by atomic mass is 16.5. The van der Waals surface area contributed by atoms with Crippen molar-refractivity contribution in [1.82, 2.24) is 9.88 Å². The van der Waals surface area contributed by atoms with E-state index in [9.17, 15) is 9.59 Å². The lowest BCUT2D eigenvalue weighted by Crippen LogP contribution is -2.45. The van der Waals surface area contributed by atoms with E-state index in [1.807, 2.05) is 32.0 Å². The van der Waals surface area contributed by atoms with Crippen LogP contribution in [0.1, 0.15) is 51.9 Å². The number of hydrogen-bond acceptors (Lipinski definition) is 4. The van der Waals surface area contributed by atoms with Gasteiger partial charge in [-0.3, -0.25) is 4.79 Å². The first kappa shape index (κ1) is 17.0. The maximum absolute atomic E-state index is 13.0. The zero-order valence-electron chi connectivity index (χ0n) is 14.4. The van der Waals surface area contributed by atoms with Gasteiger partial charge in [0.05, 0.1) is 13.2 Å². The van der Waals surface area contributed by atoms with Gasteiger partial charge in [-0.1, -0.05) is 6.07 Å². The zero-order chi connectivity index (χ0) is 18.1. The van der Waals surface area contributed by atoms with Gasteiger partial charge in [0.25, 0.3) is 5.91 Å². The minimum Gasteiger partial charge on any atom is -0.497 e. The molecule has 0 saturated carbocycles. The van der Waals surface area contributed by atoms with Gasteiger partial charge >= 0.3 is 5.97 Å². The minimum atomic E-state index is -1.15. The first-order chi connectivity index (χ1) is 11.9. The van der Waals surface area contributed by atoms with E-state index in [4.69, 9.17) is 9.84 Å². The molecule has 1 N–H and O–H groups in total. The van der Waals surface area contributed by atoms with Crippen molar-refractivity contribution < 1.29 is 19.4 Å². The van der Waals surface area contributed by atoms with Crippen LogP contribution in [0.25, 0.3) is 0 Å². The summed E-state index contributed by atoms with van der Waals surface area (Å²) in [6.07, 6.45) is 2.08. The van der Waals surface area contributed by atoms with Crippen molar-refractivity contribution in [2.45, 2.75) is 32.4 Å². The maximum Gasteiger partial charge on any atom is 0.354 e. The molecule has 2 aromatic rings. The largest absolute Gasteiger partial charge is 0.497 e. The number of methoxy groups -OCH3 is 1. The van der Waals surface area contributed by atoms with Crippen LogP contribution in [0.2, 0.25) is 0 Å². The molecule has 2 atom stereocenters. The van der Waals surface area contributed by atoms with Gasteiger partial charge < -0.3 is 14.7 Å². The van der Waals surface area contributed by atoms with Crippen LogP contribution in [0.3, 0.4) is 0 Å². The van der Waals surface area contributed by atoms with Crippen LogP contribution >= 0.6 is 0 Å². The smallest absolute Gasteiger partial charge is 0.354 e. The molecule has 0 fully saturated rings. The average Bonchev–Trinajstić information content (AvgIpc) is 2.61. The van der Waals surface area contributed by atoms with Gasteiger partial charge in [0, 0.05) is 17.8 Å². The topological polar surface area (TPSA) is 79.7 Å². The summed E-state index contributed by atoms with van der Waals surface area (Å²) in [6.45, 7) is 3.98. The van der Waals surface area contributed by atoms with Crippen LogP contribution in [-0.2, 0) is 6.42 Å². The number of carboxylic acids is 1. The zero-order valence-corrected chi connectivity index (χ0v) is 14.4. The minimum absolute atomic E-state index is 0.0106. The van der Waals surface area contributed by atoms with Crippen molar-refractivity contribution in [2.75, 3.05) is 7.11 Å². The maximum atomic E-state index is 13.0. The van der Waals surface area contributed by atoms with E-state index in [-0.39, 0.29) is 23.7 Å². The monoisotopic (exact) mass is 340 g/mol. The fourth-order valence-electron chi connectivity index (χ4n) is 3.45. The third kappa shape index (κ3) is 3.07. The van der Waals surface area contributed by atoms with Crippen LogP contribution in [0.15, 0.2) is 36.5 Å². The van der Waals surface area contributed by atoms with Crippen LogP contribution in [0.4, 0.5) is 0 Å². The summed E-state index contributed by atoms with van der Waals surface area (Å²) in [6, 6.07) is 8.65. The highest BCUT2D eigenvalue weighted by Gasteiger charge is 2.33. The van der Waals surface area contributed by atoms with Crippen molar-refractivity contribution in [1.29, 1.82) is 0 Å². The predicted molar refractivity (Wildman–Crippen MR) is 91.9 cm³/mol. The Morgan fingerprint density at radius 1 is 1.24 bits per heavy atom. The molecule has 6 nitrogen and oxygen atoms in total. The van der Waals surface area contributed by atoms with Gasteiger partial charge in [0.15, 0.2) is 0 Å². The van der Waals surface area contributed by atoms with Gasteiger partial charge in [0.2, 0.25) is 0 Å². The quantitative estimate of drug-likeness (QED) is 0.929. The second kappa shape index (κ2) is 6.55. The number of amides is 1. The van der Waals surface area contributed by atoms with Crippen LogP contribution in [-0.4, -0.2) is 40.0 Å². The Bertz CT molecular complexity index is 834. The van der Waals surface area contributed by atoms with E-state index in [2.05, 4.69) is 4.98 Å². The van der Waals surface area contributed by atoms with Gasteiger partial charge in [0.1, 0.15) is 11.4 Å². The van der Waals surface area contributed by atoms with E-state index in [1.54, 1.807) is 18.1 Å². The van der Waals surface area contributed by atoms with E-state index in [1.165, 1.54) is 17.8 Å². The molecule has 0 saturated heterocycles. The molecule has 0 radical (unpaired) electrons. The first-order valence-corrected chi connectivity index (χ1v) is 8.11. The van der Waals surface area contributed by atoms with Crippen LogP contribution in [0.5, 0.6) is 5.75 Å². The number of nitrogens with zero attached hydrogens (tertiary/aromatic N) is 2. The summed E-state index contributed by atoms with van der Waals surface area (Å²) in [7, 11) is 1.64. The summed E-state index contributed by atoms with van der Waals surface area (Å²) in [5.41, 5.74) is 2.46. The molecule has 1 aromatic carbocycles. The predicted octanol–water partition coefficient (Wildman–Crippen LogP) is 2.94. The molecule has 1 amide bonds. The number of benzene rings is 1. The SMILES string of the molecule is COc1ccc2c(c1)C[C@@H](C)N(C(=O)c1ccnc(C(=O)O)c1)[C@@H]2C. The number of aromatic nitrogens is 1. The fourth-order valence-corrected chi connectivity index (χ4v) is 3.45. The molecule has 2 heterocycles. The Hall–Kier alpha value is -2.89. The Kier molecular flexibility index (Phi) is 4.44. The van der Waals surface area contributed by atoms with Crippen molar-refractivity contribution >= 4 is 11.9 Å². The van der Waals surface area contributed by atoms with Gasteiger partial charge in [-0.2, -0.15) is 0 Å². The average molecular weight is 340 g/mol. The molecule has 1 aliphatic heterocycles. The van der Waals surface area contributed by atoms with Gasteiger partial charge in [-0.05, 0) is 55.7 Å². The van der Waals surface area contributed by atoms with E-state index in [0.717, 1.165) is 17.7 Å². The lowest BCUT2D eigenvalue weighted by atomic mass is 9.88. The third-order valence-electron chi connectivity index (χ3n) is 4.67. The molecule has 0 aliphatic carbocycles. The number of aromatic carboxylic acids is 1. The normalized spacial score (nSPS) is 19.2. The molecule has 6 heteroatoms. The number of ether oxygens (including phenoxy) is 1. The first-order valence-electron chi connectivity index (χ1n) is 8.11. The van der Waals surface area contributed by atoms with Crippen LogP contribution in [0, 0.1) is 0 Å². The van der Waals surface area contributed by atoms with Crippen molar-refractivity contribution in [3.8, 4) is 5.75 Å². The molecule has 0 bridgehead atoms. The molecule has 130 valence electrons. The van der Waals surface area contributed by atoms with Gasteiger partial charge in [-0.15, -0.1) is 0 Å². The lowest BCUT2D eigenvalue weighted by Gasteiger charge is -2.40. The number of fused-ring (bicyclic) bond motifs is 1.